The molecule has 0 bridgehead atoms. The van der Waals surface area contributed by atoms with Gasteiger partial charge in [-0.05, 0) is 49.4 Å². The van der Waals surface area contributed by atoms with E-state index in [9.17, 15) is 9.59 Å². The molecule has 5 heteroatoms. The van der Waals surface area contributed by atoms with Gasteiger partial charge in [0.25, 0.3) is 5.91 Å². The van der Waals surface area contributed by atoms with Crippen LogP contribution in [-0.2, 0) is 12.0 Å². The third-order valence-corrected chi connectivity index (χ3v) is 4.75. The van der Waals surface area contributed by atoms with E-state index in [4.69, 9.17) is 11.6 Å². The number of aromatic amines is 1. The second kappa shape index (κ2) is 6.20. The van der Waals surface area contributed by atoms with Crippen molar-refractivity contribution in [1.82, 2.24) is 10.3 Å². The molecular weight excluding hydrogens is 312 g/mol. The molecule has 2 N–H and O–H groups in total. The molecule has 23 heavy (non-hydrogen) atoms. The van der Waals surface area contributed by atoms with Gasteiger partial charge in [-0.2, -0.15) is 0 Å². The number of carbonyl (C=O) groups is 1. The van der Waals surface area contributed by atoms with E-state index in [1.165, 1.54) is 6.07 Å². The molecule has 3 rings (SSSR count). The zero-order chi connectivity index (χ0) is 16.4. The zero-order valence-corrected chi connectivity index (χ0v) is 13.7. The summed E-state index contributed by atoms with van der Waals surface area (Å²) in [5.41, 5.74) is 1.63. The summed E-state index contributed by atoms with van der Waals surface area (Å²) in [6.45, 7) is 1.94. The van der Waals surface area contributed by atoms with Gasteiger partial charge in [-0.15, -0.1) is 0 Å². The topological polar surface area (TPSA) is 62.0 Å². The summed E-state index contributed by atoms with van der Waals surface area (Å²) in [5.74, 6) is -0.208. The Morgan fingerprint density at radius 3 is 2.52 bits per heavy atom. The average molecular weight is 331 g/mol. The lowest BCUT2D eigenvalue weighted by Gasteiger charge is -2.43. The Morgan fingerprint density at radius 2 is 1.96 bits per heavy atom. The molecule has 0 unspecified atom stereocenters. The summed E-state index contributed by atoms with van der Waals surface area (Å²) < 4.78 is 0. The van der Waals surface area contributed by atoms with Crippen molar-refractivity contribution in [3.05, 3.63) is 68.6 Å². The van der Waals surface area contributed by atoms with Gasteiger partial charge in [0, 0.05) is 22.3 Å². The molecule has 120 valence electrons. The Labute approximate surface area is 139 Å². The van der Waals surface area contributed by atoms with Gasteiger partial charge in [0.2, 0.25) is 5.56 Å². The molecule has 1 aromatic carbocycles. The lowest BCUT2D eigenvalue weighted by atomic mass is 9.71. The molecule has 1 heterocycles. The van der Waals surface area contributed by atoms with E-state index in [0.29, 0.717) is 17.0 Å². The van der Waals surface area contributed by atoms with Crippen molar-refractivity contribution in [1.29, 1.82) is 0 Å². The number of amides is 1. The standard InChI is InChI=1S/C18H19ClN2O2/c1-2-15-10-12(11-16(22)20-15)17(23)21-18(8-3-9-18)13-4-6-14(19)7-5-13/h4-7,10-11H,2-3,8-9H2,1H3,(H,20,22)(H,21,23). The summed E-state index contributed by atoms with van der Waals surface area (Å²) in [6, 6.07) is 10.7. The molecule has 0 aliphatic heterocycles. The molecular formula is C18H19ClN2O2. The minimum atomic E-state index is -0.351. The van der Waals surface area contributed by atoms with E-state index in [0.717, 1.165) is 30.5 Å². The fourth-order valence-corrected chi connectivity index (χ4v) is 3.12. The number of aromatic nitrogens is 1. The molecule has 4 nitrogen and oxygen atoms in total. The monoisotopic (exact) mass is 330 g/mol. The maximum atomic E-state index is 12.6. The third-order valence-electron chi connectivity index (χ3n) is 4.50. The SMILES string of the molecule is CCc1cc(C(=O)NC2(c3ccc(Cl)cc3)CCC2)cc(=O)[nH]1. The van der Waals surface area contributed by atoms with Gasteiger partial charge in [0.1, 0.15) is 0 Å². The van der Waals surface area contributed by atoms with Crippen LogP contribution in [0.5, 0.6) is 0 Å². The highest BCUT2D eigenvalue weighted by molar-refractivity contribution is 6.30. The van der Waals surface area contributed by atoms with Crippen molar-refractivity contribution in [2.24, 2.45) is 0 Å². The zero-order valence-electron chi connectivity index (χ0n) is 13.0. The molecule has 0 radical (unpaired) electrons. The number of nitrogens with one attached hydrogen (secondary N) is 2. The molecule has 2 aromatic rings. The minimum Gasteiger partial charge on any atom is -0.343 e. The molecule has 0 spiro atoms. The number of H-pyrrole nitrogens is 1. The fraction of sp³-hybridized carbons (Fsp3) is 0.333. The maximum Gasteiger partial charge on any atom is 0.252 e. The van der Waals surface area contributed by atoms with Crippen LogP contribution in [0.4, 0.5) is 0 Å². The number of carbonyl (C=O) groups excluding carboxylic acids is 1. The van der Waals surface area contributed by atoms with Gasteiger partial charge in [0.15, 0.2) is 0 Å². The van der Waals surface area contributed by atoms with Gasteiger partial charge < -0.3 is 10.3 Å². The quantitative estimate of drug-likeness (QED) is 0.902. The van der Waals surface area contributed by atoms with E-state index in [1.807, 2.05) is 31.2 Å². The van der Waals surface area contributed by atoms with Gasteiger partial charge in [-0.25, -0.2) is 0 Å². The number of aryl methyl sites for hydroxylation is 1. The smallest absolute Gasteiger partial charge is 0.252 e. The van der Waals surface area contributed by atoms with Gasteiger partial charge in [-0.3, -0.25) is 9.59 Å². The van der Waals surface area contributed by atoms with Crippen molar-refractivity contribution < 1.29 is 4.79 Å². The van der Waals surface area contributed by atoms with Crippen LogP contribution in [0.3, 0.4) is 0 Å². The van der Waals surface area contributed by atoms with Crippen molar-refractivity contribution in [3.63, 3.8) is 0 Å². The molecule has 1 amide bonds. The van der Waals surface area contributed by atoms with Crippen LogP contribution in [-0.4, -0.2) is 10.9 Å². The molecule has 1 aliphatic carbocycles. The Balaban J connectivity index is 1.87. The first-order chi connectivity index (χ1) is 11.0. The first kappa shape index (κ1) is 15.8. The second-order valence-electron chi connectivity index (χ2n) is 6.01. The Hall–Kier alpha value is -2.07. The predicted molar refractivity (Wildman–Crippen MR) is 90.9 cm³/mol. The van der Waals surface area contributed by atoms with E-state index in [2.05, 4.69) is 10.3 Å². The van der Waals surface area contributed by atoms with Crippen LogP contribution in [0.15, 0.2) is 41.2 Å². The van der Waals surface area contributed by atoms with Gasteiger partial charge >= 0.3 is 0 Å². The van der Waals surface area contributed by atoms with Gasteiger partial charge in [0.05, 0.1) is 5.54 Å². The second-order valence-corrected chi connectivity index (χ2v) is 6.45. The summed E-state index contributed by atoms with van der Waals surface area (Å²) in [6.07, 6.45) is 3.53. The largest absolute Gasteiger partial charge is 0.343 e. The first-order valence-electron chi connectivity index (χ1n) is 7.84. The van der Waals surface area contributed by atoms with Crippen LogP contribution in [0, 0.1) is 0 Å². The van der Waals surface area contributed by atoms with E-state index < -0.39 is 0 Å². The van der Waals surface area contributed by atoms with E-state index in [-0.39, 0.29) is 17.0 Å². The van der Waals surface area contributed by atoms with Crippen LogP contribution in [0.25, 0.3) is 0 Å². The van der Waals surface area contributed by atoms with Crippen LogP contribution in [0.2, 0.25) is 5.02 Å². The predicted octanol–water partition coefficient (Wildman–Crippen LogP) is 3.40. The average Bonchev–Trinajstić information content (AvgIpc) is 2.51. The van der Waals surface area contributed by atoms with Gasteiger partial charge in [-0.1, -0.05) is 30.7 Å². The highest BCUT2D eigenvalue weighted by Gasteiger charge is 2.40. The van der Waals surface area contributed by atoms with Crippen LogP contribution >= 0.6 is 11.6 Å². The normalized spacial score (nSPS) is 15.7. The molecule has 0 atom stereocenters. The number of hydrogen-bond donors (Lipinski definition) is 2. The molecule has 1 fully saturated rings. The Bertz CT molecular complexity index is 776. The number of halogens is 1. The fourth-order valence-electron chi connectivity index (χ4n) is 3.00. The van der Waals surface area contributed by atoms with Crippen molar-refractivity contribution in [2.75, 3.05) is 0 Å². The molecule has 1 saturated carbocycles. The lowest BCUT2D eigenvalue weighted by Crippen LogP contribution is -2.50. The van der Waals surface area contributed by atoms with Crippen LogP contribution < -0.4 is 10.9 Å². The highest BCUT2D eigenvalue weighted by Crippen LogP contribution is 2.41. The summed E-state index contributed by atoms with van der Waals surface area (Å²) in [4.78, 5) is 27.0. The summed E-state index contributed by atoms with van der Waals surface area (Å²) >= 11 is 5.95. The lowest BCUT2D eigenvalue weighted by molar-refractivity contribution is 0.0823. The molecule has 1 aliphatic rings. The van der Waals surface area contributed by atoms with Crippen LogP contribution in [0.1, 0.15) is 47.8 Å². The minimum absolute atomic E-state index is 0.208. The maximum absolute atomic E-state index is 12.6. The highest BCUT2D eigenvalue weighted by atomic mass is 35.5. The number of benzene rings is 1. The third kappa shape index (κ3) is 3.17. The number of rotatable bonds is 4. The number of hydrogen-bond acceptors (Lipinski definition) is 2. The van der Waals surface area contributed by atoms with E-state index in [1.54, 1.807) is 6.07 Å². The number of pyridine rings is 1. The van der Waals surface area contributed by atoms with Crippen molar-refractivity contribution in [2.45, 2.75) is 38.1 Å². The van der Waals surface area contributed by atoms with E-state index >= 15 is 0 Å². The molecule has 0 saturated heterocycles. The first-order valence-corrected chi connectivity index (χ1v) is 8.22. The van der Waals surface area contributed by atoms with Crippen molar-refractivity contribution in [3.8, 4) is 0 Å². The molecule has 1 aromatic heterocycles. The van der Waals surface area contributed by atoms with Crippen molar-refractivity contribution >= 4 is 17.5 Å². The summed E-state index contributed by atoms with van der Waals surface area (Å²) in [5, 5.41) is 3.80. The summed E-state index contributed by atoms with van der Waals surface area (Å²) in [7, 11) is 0. The Morgan fingerprint density at radius 1 is 1.26 bits per heavy atom. The Kier molecular flexibility index (Phi) is 4.26.